The number of hydrogen-bond acceptors (Lipinski definition) is 3. The lowest BCUT2D eigenvalue weighted by Gasteiger charge is -2.22. The predicted octanol–water partition coefficient (Wildman–Crippen LogP) is 2.05. The zero-order valence-electron chi connectivity index (χ0n) is 15.8. The van der Waals surface area contributed by atoms with E-state index < -0.39 is 11.6 Å². The van der Waals surface area contributed by atoms with Crippen molar-refractivity contribution in [3.63, 3.8) is 0 Å². The summed E-state index contributed by atoms with van der Waals surface area (Å²) in [5.41, 5.74) is 3.23. The number of amides is 4. The molecule has 1 aliphatic heterocycles. The highest BCUT2D eigenvalue weighted by molar-refractivity contribution is 6.09. The zero-order valence-corrected chi connectivity index (χ0v) is 15.8. The summed E-state index contributed by atoms with van der Waals surface area (Å²) in [6.07, 6.45) is 1.97. The molecule has 1 aliphatic carbocycles. The lowest BCUT2D eigenvalue weighted by molar-refractivity contribution is -0.135. The Morgan fingerprint density at radius 1 is 1.14 bits per heavy atom. The van der Waals surface area contributed by atoms with Gasteiger partial charge in [-0.25, -0.2) is 4.79 Å². The minimum Gasteiger partial charge on any atom is -0.354 e. The summed E-state index contributed by atoms with van der Waals surface area (Å²) in [7, 11) is 0. The second kappa shape index (κ2) is 7.11. The van der Waals surface area contributed by atoms with E-state index in [1.54, 1.807) is 0 Å². The van der Waals surface area contributed by atoms with Crippen LogP contribution >= 0.6 is 0 Å². The smallest absolute Gasteiger partial charge is 0.325 e. The van der Waals surface area contributed by atoms with Crippen LogP contribution in [0.3, 0.4) is 0 Å². The van der Waals surface area contributed by atoms with Crippen LogP contribution in [-0.4, -0.2) is 35.8 Å². The summed E-state index contributed by atoms with van der Waals surface area (Å²) in [5.74, 6) is -0.670. The van der Waals surface area contributed by atoms with Crippen LogP contribution in [0.15, 0.2) is 48.5 Å². The fourth-order valence-electron chi connectivity index (χ4n) is 4.16. The fraction of sp³-hybridized carbons (Fsp3) is 0.318. The van der Waals surface area contributed by atoms with Crippen molar-refractivity contribution >= 4 is 17.8 Å². The Kier molecular flexibility index (Phi) is 4.63. The maximum absolute atomic E-state index is 13.0. The number of urea groups is 1. The molecule has 2 aromatic rings. The van der Waals surface area contributed by atoms with Crippen LogP contribution in [0.1, 0.15) is 28.7 Å². The van der Waals surface area contributed by atoms with Crippen molar-refractivity contribution in [3.8, 4) is 0 Å². The molecule has 1 spiro atoms. The van der Waals surface area contributed by atoms with Gasteiger partial charge in [-0.05, 0) is 48.4 Å². The Morgan fingerprint density at radius 2 is 1.89 bits per heavy atom. The SMILES string of the molecule is Cc1ccccc1CCNC(=O)CN1C(=O)N[C@@]2(CCc3ccccc32)C1=O. The van der Waals surface area contributed by atoms with Gasteiger partial charge in [0.2, 0.25) is 5.91 Å². The lowest BCUT2D eigenvalue weighted by Crippen LogP contribution is -2.44. The van der Waals surface area contributed by atoms with Gasteiger partial charge in [-0.1, -0.05) is 48.5 Å². The average Bonchev–Trinajstić information content (AvgIpc) is 3.17. The van der Waals surface area contributed by atoms with Gasteiger partial charge >= 0.3 is 6.03 Å². The van der Waals surface area contributed by atoms with Gasteiger partial charge in [0.15, 0.2) is 0 Å². The molecule has 0 radical (unpaired) electrons. The summed E-state index contributed by atoms with van der Waals surface area (Å²) in [5, 5.41) is 5.65. The zero-order chi connectivity index (χ0) is 19.7. The summed E-state index contributed by atoms with van der Waals surface area (Å²) >= 11 is 0. The number of nitrogens with zero attached hydrogens (tertiary/aromatic N) is 1. The third-order valence-electron chi connectivity index (χ3n) is 5.70. The van der Waals surface area contributed by atoms with Gasteiger partial charge in [0.25, 0.3) is 5.91 Å². The van der Waals surface area contributed by atoms with E-state index in [1.807, 2.05) is 55.5 Å². The number of carbonyl (C=O) groups excluding carboxylic acids is 3. The Labute approximate surface area is 163 Å². The normalized spacial score (nSPS) is 20.4. The van der Waals surface area contributed by atoms with Gasteiger partial charge in [-0.2, -0.15) is 0 Å². The molecule has 1 atom stereocenters. The van der Waals surface area contributed by atoms with Crippen LogP contribution in [0.25, 0.3) is 0 Å². The highest BCUT2D eigenvalue weighted by Gasteiger charge is 2.55. The predicted molar refractivity (Wildman–Crippen MR) is 105 cm³/mol. The van der Waals surface area contributed by atoms with Gasteiger partial charge in [0.1, 0.15) is 12.1 Å². The minimum atomic E-state index is -1.02. The van der Waals surface area contributed by atoms with Gasteiger partial charge in [0, 0.05) is 6.54 Å². The molecule has 4 amide bonds. The van der Waals surface area contributed by atoms with E-state index in [9.17, 15) is 14.4 Å². The molecule has 144 valence electrons. The highest BCUT2D eigenvalue weighted by Crippen LogP contribution is 2.41. The monoisotopic (exact) mass is 377 g/mol. The van der Waals surface area contributed by atoms with Crippen molar-refractivity contribution in [2.75, 3.05) is 13.1 Å². The van der Waals surface area contributed by atoms with Crippen molar-refractivity contribution in [2.24, 2.45) is 0 Å². The average molecular weight is 377 g/mol. The molecular formula is C22H23N3O3. The molecule has 1 heterocycles. The number of rotatable bonds is 5. The second-order valence-electron chi connectivity index (χ2n) is 7.41. The van der Waals surface area contributed by atoms with Crippen LogP contribution in [0, 0.1) is 6.92 Å². The number of imide groups is 1. The molecule has 0 bridgehead atoms. The number of fused-ring (bicyclic) bond motifs is 2. The maximum Gasteiger partial charge on any atom is 0.325 e. The van der Waals surface area contributed by atoms with E-state index in [1.165, 1.54) is 11.1 Å². The lowest BCUT2D eigenvalue weighted by atomic mass is 9.92. The van der Waals surface area contributed by atoms with E-state index in [4.69, 9.17) is 0 Å². The van der Waals surface area contributed by atoms with Gasteiger partial charge in [-0.15, -0.1) is 0 Å². The molecule has 6 nitrogen and oxygen atoms in total. The number of carbonyl (C=O) groups is 3. The number of benzene rings is 2. The quantitative estimate of drug-likeness (QED) is 0.783. The minimum absolute atomic E-state index is 0.262. The van der Waals surface area contributed by atoms with Crippen molar-refractivity contribution in [1.29, 1.82) is 0 Å². The van der Waals surface area contributed by atoms with Crippen LogP contribution in [-0.2, 0) is 28.0 Å². The molecule has 0 saturated carbocycles. The van der Waals surface area contributed by atoms with Crippen LogP contribution in [0.2, 0.25) is 0 Å². The van der Waals surface area contributed by atoms with Crippen LogP contribution in [0.4, 0.5) is 4.79 Å². The van der Waals surface area contributed by atoms with Gasteiger partial charge in [0.05, 0.1) is 0 Å². The Morgan fingerprint density at radius 3 is 2.71 bits per heavy atom. The van der Waals surface area contributed by atoms with Crippen molar-refractivity contribution in [3.05, 3.63) is 70.8 Å². The third kappa shape index (κ3) is 3.05. The molecule has 4 rings (SSSR count). The Hall–Kier alpha value is -3.15. The first kappa shape index (κ1) is 18.2. The van der Waals surface area contributed by atoms with Crippen molar-refractivity contribution in [2.45, 2.75) is 31.7 Å². The van der Waals surface area contributed by atoms with Crippen LogP contribution in [0.5, 0.6) is 0 Å². The van der Waals surface area contributed by atoms with Gasteiger partial charge < -0.3 is 10.6 Å². The third-order valence-corrected chi connectivity index (χ3v) is 5.70. The first-order valence-corrected chi connectivity index (χ1v) is 9.55. The largest absolute Gasteiger partial charge is 0.354 e. The van der Waals surface area contributed by atoms with Crippen LogP contribution < -0.4 is 10.6 Å². The molecular weight excluding hydrogens is 354 g/mol. The first-order chi connectivity index (χ1) is 13.5. The van der Waals surface area contributed by atoms with Gasteiger partial charge in [-0.3, -0.25) is 14.5 Å². The number of aryl methyl sites for hydroxylation is 2. The maximum atomic E-state index is 13.0. The summed E-state index contributed by atoms with van der Waals surface area (Å²) in [4.78, 5) is 38.8. The van der Waals surface area contributed by atoms with Crippen molar-refractivity contribution in [1.82, 2.24) is 15.5 Å². The topological polar surface area (TPSA) is 78.5 Å². The van der Waals surface area contributed by atoms with E-state index in [2.05, 4.69) is 10.6 Å². The van der Waals surface area contributed by atoms with E-state index in [0.29, 0.717) is 19.4 Å². The molecule has 0 unspecified atom stereocenters. The van der Waals surface area contributed by atoms with E-state index >= 15 is 0 Å². The summed E-state index contributed by atoms with van der Waals surface area (Å²) in [6.45, 7) is 2.23. The molecule has 1 fully saturated rings. The standard InChI is InChI=1S/C22H23N3O3/c1-15-6-2-3-7-16(15)11-13-23-19(26)14-25-20(27)22(24-21(25)28)12-10-17-8-4-5-9-18(17)22/h2-9H,10-14H2,1H3,(H,23,26)(H,24,28)/t22-/m1/s1. The molecule has 2 aromatic carbocycles. The number of hydrogen-bond donors (Lipinski definition) is 2. The second-order valence-corrected chi connectivity index (χ2v) is 7.41. The molecule has 1 saturated heterocycles. The van der Waals surface area contributed by atoms with E-state index in [-0.39, 0.29) is 18.4 Å². The Bertz CT molecular complexity index is 956. The molecule has 0 aromatic heterocycles. The van der Waals surface area contributed by atoms with E-state index in [0.717, 1.165) is 22.4 Å². The molecule has 6 heteroatoms. The molecule has 28 heavy (non-hydrogen) atoms. The fourth-order valence-corrected chi connectivity index (χ4v) is 4.16. The summed E-state index contributed by atoms with van der Waals surface area (Å²) in [6, 6.07) is 15.2. The van der Waals surface area contributed by atoms with Crippen molar-refractivity contribution < 1.29 is 14.4 Å². The molecule has 2 N–H and O–H groups in total. The first-order valence-electron chi connectivity index (χ1n) is 9.55. The Balaban J connectivity index is 1.39. The summed E-state index contributed by atoms with van der Waals surface area (Å²) < 4.78 is 0. The number of nitrogens with one attached hydrogen (secondary N) is 2. The highest BCUT2D eigenvalue weighted by atomic mass is 16.2. The molecule has 2 aliphatic rings.